The fourth-order valence-electron chi connectivity index (χ4n) is 1.15. The molecule has 0 bridgehead atoms. The van der Waals surface area contributed by atoms with Crippen LogP contribution in [0.3, 0.4) is 0 Å². The van der Waals surface area contributed by atoms with Gasteiger partial charge in [-0.2, -0.15) is 0 Å². The monoisotopic (exact) mass is 293 g/mol. The van der Waals surface area contributed by atoms with Crippen LogP contribution < -0.4 is 5.32 Å². The minimum atomic E-state index is -0.201. The van der Waals surface area contributed by atoms with Crippen LogP contribution in [0.15, 0.2) is 18.2 Å². The van der Waals surface area contributed by atoms with E-state index in [1.807, 2.05) is 13.8 Å². The number of hydrogen-bond acceptors (Lipinski definition) is 1. The molecule has 94 valence electrons. The number of carbonyl (C=O) groups excluding carboxylic acids is 1. The van der Waals surface area contributed by atoms with Crippen LogP contribution in [0.1, 0.15) is 24.2 Å². The highest BCUT2D eigenvalue weighted by Gasteiger charge is 2.18. The summed E-state index contributed by atoms with van der Waals surface area (Å²) in [7, 11) is 0. The van der Waals surface area contributed by atoms with Crippen molar-refractivity contribution in [2.24, 2.45) is 5.41 Å². The molecule has 5 heteroatoms. The highest BCUT2D eigenvalue weighted by molar-refractivity contribution is 6.35. The molecule has 0 saturated carbocycles. The normalized spacial score (nSPS) is 11.4. The fourth-order valence-corrected chi connectivity index (χ4v) is 1.77. The van der Waals surface area contributed by atoms with Gasteiger partial charge in [0.05, 0.1) is 0 Å². The first-order valence-electron chi connectivity index (χ1n) is 5.14. The molecule has 17 heavy (non-hydrogen) atoms. The van der Waals surface area contributed by atoms with Crippen LogP contribution in [0.2, 0.25) is 10.0 Å². The van der Waals surface area contributed by atoms with Crippen LogP contribution in [0.25, 0.3) is 0 Å². The van der Waals surface area contributed by atoms with Gasteiger partial charge in [0.15, 0.2) is 0 Å². The van der Waals surface area contributed by atoms with Gasteiger partial charge in [-0.1, -0.05) is 37.0 Å². The number of halogens is 3. The van der Waals surface area contributed by atoms with Crippen molar-refractivity contribution in [1.82, 2.24) is 5.32 Å². The Morgan fingerprint density at radius 1 is 1.24 bits per heavy atom. The number of benzene rings is 1. The lowest BCUT2D eigenvalue weighted by molar-refractivity contribution is 0.0940. The lowest BCUT2D eigenvalue weighted by Crippen LogP contribution is -2.34. The van der Waals surface area contributed by atoms with Gasteiger partial charge in [-0.3, -0.25) is 4.79 Å². The molecule has 0 aliphatic heterocycles. The molecule has 2 nitrogen and oxygen atoms in total. The zero-order chi connectivity index (χ0) is 13.1. The second-order valence-corrected chi connectivity index (χ2v) is 5.78. The lowest BCUT2D eigenvalue weighted by Gasteiger charge is -2.21. The van der Waals surface area contributed by atoms with Crippen molar-refractivity contribution in [3.05, 3.63) is 33.8 Å². The van der Waals surface area contributed by atoms with E-state index in [0.29, 0.717) is 28.0 Å². The number of hydrogen-bond donors (Lipinski definition) is 1. The predicted molar refractivity (Wildman–Crippen MR) is 73.3 cm³/mol. The SMILES string of the molecule is CC(C)(CCl)CNC(=O)c1cc(Cl)cc(Cl)c1. The number of amides is 1. The third kappa shape index (κ3) is 4.74. The first-order valence-corrected chi connectivity index (χ1v) is 6.43. The summed E-state index contributed by atoms with van der Waals surface area (Å²) in [4.78, 5) is 11.8. The van der Waals surface area contributed by atoms with Crippen LogP contribution in [-0.4, -0.2) is 18.3 Å². The molecule has 0 atom stereocenters. The standard InChI is InChI=1S/C12H14Cl3NO/c1-12(2,6-13)7-16-11(17)8-3-9(14)5-10(15)4-8/h3-5H,6-7H2,1-2H3,(H,16,17). The number of rotatable bonds is 4. The van der Waals surface area contributed by atoms with Crippen molar-refractivity contribution in [3.63, 3.8) is 0 Å². The summed E-state index contributed by atoms with van der Waals surface area (Å²) in [6.07, 6.45) is 0. The predicted octanol–water partition coefficient (Wildman–Crippen LogP) is 3.99. The molecule has 0 saturated heterocycles. The minimum absolute atomic E-state index is 0.139. The van der Waals surface area contributed by atoms with Gasteiger partial charge in [0.1, 0.15) is 0 Å². The van der Waals surface area contributed by atoms with E-state index in [2.05, 4.69) is 5.32 Å². The van der Waals surface area contributed by atoms with Gasteiger partial charge in [-0.05, 0) is 23.6 Å². The van der Waals surface area contributed by atoms with E-state index >= 15 is 0 Å². The zero-order valence-corrected chi connectivity index (χ0v) is 12.0. The second kappa shape index (κ2) is 5.94. The van der Waals surface area contributed by atoms with E-state index in [1.165, 1.54) is 0 Å². The smallest absolute Gasteiger partial charge is 0.251 e. The van der Waals surface area contributed by atoms with Crippen LogP contribution >= 0.6 is 34.8 Å². The first-order chi connectivity index (χ1) is 7.84. The molecule has 1 N–H and O–H groups in total. The van der Waals surface area contributed by atoms with E-state index < -0.39 is 0 Å². The van der Waals surface area contributed by atoms with E-state index in [0.717, 1.165) is 0 Å². The molecule has 1 aromatic carbocycles. The first kappa shape index (κ1) is 14.6. The number of alkyl halides is 1. The summed E-state index contributed by atoms with van der Waals surface area (Å²) in [5, 5.41) is 3.69. The van der Waals surface area contributed by atoms with Gasteiger partial charge < -0.3 is 5.32 Å². The highest BCUT2D eigenvalue weighted by Crippen LogP contribution is 2.20. The highest BCUT2D eigenvalue weighted by atomic mass is 35.5. The maximum atomic E-state index is 11.8. The van der Waals surface area contributed by atoms with Crippen LogP contribution in [0, 0.1) is 5.41 Å². The maximum absolute atomic E-state index is 11.8. The van der Waals surface area contributed by atoms with Crippen molar-refractivity contribution >= 4 is 40.7 Å². The summed E-state index contributed by atoms with van der Waals surface area (Å²) < 4.78 is 0. The molecule has 0 spiro atoms. The Morgan fingerprint density at radius 3 is 2.24 bits per heavy atom. The Bertz CT molecular complexity index is 398. The molecule has 1 aromatic rings. The topological polar surface area (TPSA) is 29.1 Å². The molecule has 0 unspecified atom stereocenters. The quantitative estimate of drug-likeness (QED) is 0.836. The molecular weight excluding hydrogens is 280 g/mol. The molecular formula is C12H14Cl3NO. The van der Waals surface area contributed by atoms with Crippen molar-refractivity contribution in [2.75, 3.05) is 12.4 Å². The van der Waals surface area contributed by atoms with Crippen molar-refractivity contribution < 1.29 is 4.79 Å². The molecule has 0 aromatic heterocycles. The minimum Gasteiger partial charge on any atom is -0.351 e. The molecule has 0 aliphatic carbocycles. The van der Waals surface area contributed by atoms with Gasteiger partial charge in [0.25, 0.3) is 5.91 Å². The summed E-state index contributed by atoms with van der Waals surface area (Å²) in [5.74, 6) is 0.274. The van der Waals surface area contributed by atoms with Gasteiger partial charge in [-0.25, -0.2) is 0 Å². The fraction of sp³-hybridized carbons (Fsp3) is 0.417. The summed E-state index contributed by atoms with van der Waals surface area (Å²) in [6, 6.07) is 4.75. The lowest BCUT2D eigenvalue weighted by atomic mass is 9.96. The maximum Gasteiger partial charge on any atom is 0.251 e. The van der Waals surface area contributed by atoms with Gasteiger partial charge >= 0.3 is 0 Å². The van der Waals surface area contributed by atoms with Gasteiger partial charge in [0.2, 0.25) is 0 Å². The molecule has 0 radical (unpaired) electrons. The van der Waals surface area contributed by atoms with Crippen LogP contribution in [0.5, 0.6) is 0 Å². The zero-order valence-electron chi connectivity index (χ0n) is 9.69. The van der Waals surface area contributed by atoms with E-state index in [4.69, 9.17) is 34.8 Å². The Labute approximate surface area is 116 Å². The number of carbonyl (C=O) groups is 1. The van der Waals surface area contributed by atoms with Crippen molar-refractivity contribution in [1.29, 1.82) is 0 Å². The van der Waals surface area contributed by atoms with Crippen molar-refractivity contribution in [3.8, 4) is 0 Å². The molecule has 1 rings (SSSR count). The summed E-state index contributed by atoms with van der Waals surface area (Å²) in [6.45, 7) is 4.45. The van der Waals surface area contributed by atoms with Gasteiger partial charge in [-0.15, -0.1) is 11.6 Å². The van der Waals surface area contributed by atoms with Crippen LogP contribution in [0.4, 0.5) is 0 Å². The average molecular weight is 295 g/mol. The van der Waals surface area contributed by atoms with Crippen LogP contribution in [-0.2, 0) is 0 Å². The van der Waals surface area contributed by atoms with E-state index in [-0.39, 0.29) is 11.3 Å². The number of nitrogens with one attached hydrogen (secondary N) is 1. The Hall–Kier alpha value is -0.440. The van der Waals surface area contributed by atoms with E-state index in [1.54, 1.807) is 18.2 Å². The van der Waals surface area contributed by atoms with Gasteiger partial charge in [0, 0.05) is 28.0 Å². The summed E-state index contributed by atoms with van der Waals surface area (Å²) in [5.41, 5.74) is 0.312. The second-order valence-electron chi connectivity index (χ2n) is 4.64. The molecule has 0 aliphatic rings. The molecule has 0 fully saturated rings. The third-order valence-electron chi connectivity index (χ3n) is 2.21. The molecule has 1 amide bonds. The van der Waals surface area contributed by atoms with E-state index in [9.17, 15) is 4.79 Å². The Morgan fingerprint density at radius 2 is 1.76 bits per heavy atom. The Balaban J connectivity index is 2.70. The Kier molecular flexibility index (Phi) is 5.11. The largest absolute Gasteiger partial charge is 0.351 e. The third-order valence-corrected chi connectivity index (χ3v) is 3.37. The molecule has 0 heterocycles. The average Bonchev–Trinajstić information content (AvgIpc) is 2.24. The summed E-state index contributed by atoms with van der Waals surface area (Å²) >= 11 is 17.4. The van der Waals surface area contributed by atoms with Crippen molar-refractivity contribution in [2.45, 2.75) is 13.8 Å².